The van der Waals surface area contributed by atoms with Crippen LogP contribution >= 0.6 is 23.2 Å². The first-order valence-corrected chi connectivity index (χ1v) is 9.59. The van der Waals surface area contributed by atoms with Crippen LogP contribution in [0.1, 0.15) is 6.42 Å². The van der Waals surface area contributed by atoms with Crippen molar-refractivity contribution in [2.24, 2.45) is 23.7 Å². The molecule has 4 nitrogen and oxygen atoms in total. The number of amides is 2. The van der Waals surface area contributed by atoms with Crippen LogP contribution in [0, 0.1) is 23.7 Å². The lowest BCUT2D eigenvalue weighted by atomic mass is 9.81. The van der Waals surface area contributed by atoms with Crippen LogP contribution in [0.2, 0.25) is 10.0 Å². The maximum absolute atomic E-state index is 13.0. The number of carbonyl (C=O) groups excluding carboxylic acids is 2. The van der Waals surface area contributed by atoms with Gasteiger partial charge in [-0.05, 0) is 42.5 Å². The molecule has 2 bridgehead atoms. The van der Waals surface area contributed by atoms with E-state index in [0.717, 1.165) is 6.42 Å². The van der Waals surface area contributed by atoms with Crippen LogP contribution in [0.25, 0.3) is 0 Å². The predicted octanol–water partition coefficient (Wildman–Crippen LogP) is 5.01. The number of anilines is 2. The Hall–Kier alpha value is -2.30. The fourth-order valence-electron chi connectivity index (χ4n) is 4.09. The fraction of sp³-hybridized carbons (Fsp3) is 0.238. The van der Waals surface area contributed by atoms with Crippen LogP contribution in [-0.4, -0.2) is 11.8 Å². The highest BCUT2D eigenvalue weighted by atomic mass is 35.5. The fourth-order valence-corrected chi connectivity index (χ4v) is 4.46. The lowest BCUT2D eigenvalue weighted by Gasteiger charge is -2.26. The summed E-state index contributed by atoms with van der Waals surface area (Å²) in [6.45, 7) is 0. The summed E-state index contributed by atoms with van der Waals surface area (Å²) in [6.07, 6.45) is 4.89. The van der Waals surface area contributed by atoms with Crippen LogP contribution in [0.3, 0.4) is 0 Å². The van der Waals surface area contributed by atoms with Crippen molar-refractivity contribution >= 4 is 46.4 Å². The van der Waals surface area contributed by atoms with Crippen molar-refractivity contribution in [2.75, 3.05) is 10.6 Å². The monoisotopic (exact) mass is 400 g/mol. The van der Waals surface area contributed by atoms with E-state index in [2.05, 4.69) is 10.6 Å². The maximum Gasteiger partial charge on any atom is 0.228 e. The third kappa shape index (κ3) is 3.47. The Bertz CT molecular complexity index is 854. The second kappa shape index (κ2) is 7.37. The van der Waals surface area contributed by atoms with Gasteiger partial charge in [-0.15, -0.1) is 0 Å². The summed E-state index contributed by atoms with van der Waals surface area (Å²) >= 11 is 12.3. The number of hydrogen-bond donors (Lipinski definition) is 2. The van der Waals surface area contributed by atoms with Gasteiger partial charge in [-0.1, -0.05) is 59.6 Å². The number of para-hydroxylation sites is 2. The molecule has 0 aromatic heterocycles. The highest BCUT2D eigenvalue weighted by molar-refractivity contribution is 6.34. The first-order chi connectivity index (χ1) is 13.0. The van der Waals surface area contributed by atoms with Crippen LogP contribution in [-0.2, 0) is 9.59 Å². The van der Waals surface area contributed by atoms with Crippen molar-refractivity contribution in [2.45, 2.75) is 6.42 Å². The molecule has 4 atom stereocenters. The van der Waals surface area contributed by atoms with Crippen LogP contribution in [0.4, 0.5) is 11.4 Å². The minimum Gasteiger partial charge on any atom is -0.324 e. The number of hydrogen-bond acceptors (Lipinski definition) is 2. The average Bonchev–Trinajstić information content (AvgIpc) is 3.27. The number of fused-ring (bicyclic) bond motifs is 2. The first kappa shape index (κ1) is 18.1. The molecule has 0 spiro atoms. The molecule has 1 fully saturated rings. The third-order valence-corrected chi connectivity index (χ3v) is 5.99. The van der Waals surface area contributed by atoms with E-state index in [9.17, 15) is 9.59 Å². The Morgan fingerprint density at radius 1 is 0.741 bits per heavy atom. The van der Waals surface area contributed by atoms with Crippen molar-refractivity contribution in [3.8, 4) is 0 Å². The van der Waals surface area contributed by atoms with Crippen LogP contribution in [0.15, 0.2) is 60.7 Å². The van der Waals surface area contributed by atoms with Gasteiger partial charge >= 0.3 is 0 Å². The lowest BCUT2D eigenvalue weighted by molar-refractivity contribution is -0.129. The molecule has 138 valence electrons. The molecule has 0 heterocycles. The van der Waals surface area contributed by atoms with Crippen molar-refractivity contribution in [3.63, 3.8) is 0 Å². The molecule has 0 saturated heterocycles. The van der Waals surface area contributed by atoms with Gasteiger partial charge in [-0.25, -0.2) is 0 Å². The molecule has 2 aliphatic carbocycles. The van der Waals surface area contributed by atoms with Gasteiger partial charge in [0.1, 0.15) is 0 Å². The Balaban J connectivity index is 1.55. The van der Waals surface area contributed by atoms with Gasteiger partial charge in [0.05, 0.1) is 33.3 Å². The average molecular weight is 401 g/mol. The summed E-state index contributed by atoms with van der Waals surface area (Å²) in [5, 5.41) is 6.72. The predicted molar refractivity (Wildman–Crippen MR) is 108 cm³/mol. The second-order valence-electron chi connectivity index (χ2n) is 6.94. The quantitative estimate of drug-likeness (QED) is 0.708. The molecule has 2 N–H and O–H groups in total. The molecule has 1 saturated carbocycles. The van der Waals surface area contributed by atoms with E-state index in [1.54, 1.807) is 36.4 Å². The van der Waals surface area contributed by atoms with Crippen molar-refractivity contribution in [1.82, 2.24) is 0 Å². The number of halogens is 2. The summed E-state index contributed by atoms with van der Waals surface area (Å²) < 4.78 is 0. The van der Waals surface area contributed by atoms with Crippen LogP contribution in [0.5, 0.6) is 0 Å². The normalized spacial score (nSPS) is 25.4. The van der Waals surface area contributed by atoms with Gasteiger partial charge in [0.25, 0.3) is 0 Å². The second-order valence-corrected chi connectivity index (χ2v) is 7.75. The zero-order valence-electron chi connectivity index (χ0n) is 14.4. The summed E-state index contributed by atoms with van der Waals surface area (Å²) in [7, 11) is 0. The molecule has 27 heavy (non-hydrogen) atoms. The van der Waals surface area contributed by atoms with Gasteiger partial charge in [-0.2, -0.15) is 0 Å². The topological polar surface area (TPSA) is 58.2 Å². The highest BCUT2D eigenvalue weighted by Gasteiger charge is 2.51. The minimum atomic E-state index is -0.432. The van der Waals surface area contributed by atoms with E-state index in [0.29, 0.717) is 21.4 Å². The summed E-state index contributed by atoms with van der Waals surface area (Å²) in [5.41, 5.74) is 1.11. The summed E-state index contributed by atoms with van der Waals surface area (Å²) in [5.74, 6) is -1.12. The number of nitrogens with one attached hydrogen (secondary N) is 2. The van der Waals surface area contributed by atoms with E-state index >= 15 is 0 Å². The molecule has 2 aromatic rings. The van der Waals surface area contributed by atoms with Crippen molar-refractivity contribution < 1.29 is 9.59 Å². The Kier molecular flexibility index (Phi) is 4.94. The molecule has 4 unspecified atom stereocenters. The lowest BCUT2D eigenvalue weighted by Crippen LogP contribution is -2.39. The third-order valence-electron chi connectivity index (χ3n) is 5.33. The molecule has 2 aliphatic rings. The SMILES string of the molecule is O=C(Nc1ccccc1Cl)C1C2C=CC(C2)C1C(=O)Nc1ccccc1Cl. The standard InChI is InChI=1S/C21H18Cl2N2O2/c22-14-5-1-3-7-16(14)24-20(26)18-12-9-10-13(11-12)19(18)21(27)25-17-8-4-2-6-15(17)23/h1-10,12-13,18-19H,11H2,(H,24,26)(H,25,27). The number of rotatable bonds is 4. The van der Waals surface area contributed by atoms with Crippen molar-refractivity contribution in [1.29, 1.82) is 0 Å². The molecule has 0 radical (unpaired) electrons. The van der Waals surface area contributed by atoms with Gasteiger partial charge in [0.15, 0.2) is 0 Å². The smallest absolute Gasteiger partial charge is 0.228 e. The van der Waals surface area contributed by atoms with E-state index in [4.69, 9.17) is 23.2 Å². The van der Waals surface area contributed by atoms with Gasteiger partial charge in [-0.3, -0.25) is 9.59 Å². The Morgan fingerprint density at radius 2 is 1.15 bits per heavy atom. The largest absolute Gasteiger partial charge is 0.324 e. The van der Waals surface area contributed by atoms with E-state index in [-0.39, 0.29) is 23.7 Å². The molecular formula is C21H18Cl2N2O2. The molecule has 6 heteroatoms. The number of carbonyl (C=O) groups is 2. The van der Waals surface area contributed by atoms with Crippen molar-refractivity contribution in [3.05, 3.63) is 70.7 Å². The van der Waals surface area contributed by atoms with E-state index in [1.807, 2.05) is 24.3 Å². The Morgan fingerprint density at radius 3 is 1.56 bits per heavy atom. The maximum atomic E-state index is 13.0. The first-order valence-electron chi connectivity index (χ1n) is 8.83. The van der Waals surface area contributed by atoms with Gasteiger partial charge in [0, 0.05) is 0 Å². The van der Waals surface area contributed by atoms with E-state index < -0.39 is 11.8 Å². The van der Waals surface area contributed by atoms with Crippen LogP contribution < -0.4 is 10.6 Å². The minimum absolute atomic E-state index is 0.0551. The zero-order valence-corrected chi connectivity index (χ0v) is 15.9. The van der Waals surface area contributed by atoms with E-state index in [1.165, 1.54) is 0 Å². The molecular weight excluding hydrogens is 383 g/mol. The molecule has 4 rings (SSSR count). The number of benzene rings is 2. The zero-order chi connectivity index (χ0) is 19.0. The number of allylic oxidation sites excluding steroid dienone is 2. The van der Waals surface area contributed by atoms with Gasteiger partial charge < -0.3 is 10.6 Å². The van der Waals surface area contributed by atoms with Gasteiger partial charge in [0.2, 0.25) is 11.8 Å². The molecule has 0 aliphatic heterocycles. The molecule has 2 aromatic carbocycles. The summed E-state index contributed by atoms with van der Waals surface area (Å²) in [4.78, 5) is 26.0. The summed E-state index contributed by atoms with van der Waals surface area (Å²) in [6, 6.07) is 14.2. The Labute approximate surface area is 167 Å². The molecule has 2 amide bonds. The highest BCUT2D eigenvalue weighted by Crippen LogP contribution is 2.49.